The fourth-order valence-corrected chi connectivity index (χ4v) is 6.83. The molecule has 0 bridgehead atoms. The predicted octanol–water partition coefficient (Wildman–Crippen LogP) is 13.6. The van der Waals surface area contributed by atoms with Gasteiger partial charge >= 0.3 is 0 Å². The lowest BCUT2D eigenvalue weighted by molar-refractivity contribution is -0.705. The molecule has 1 aromatic heterocycles. The van der Waals surface area contributed by atoms with Gasteiger partial charge in [-0.05, 0) is 25.7 Å². The van der Waals surface area contributed by atoms with Crippen LogP contribution in [0.5, 0.6) is 0 Å². The monoisotopic (exact) mass is 588 g/mol. The van der Waals surface area contributed by atoms with Crippen LogP contribution in [0.25, 0.3) is 0 Å². The number of aromatic nitrogens is 2. The molecule has 0 N–H and O–H groups in total. The average Bonchev–Trinajstić information content (AvgIpc) is 3.40. The highest BCUT2D eigenvalue weighted by molar-refractivity contribution is 4.89. The molecule has 0 aromatic carbocycles. The van der Waals surface area contributed by atoms with E-state index >= 15 is 0 Å². The van der Waals surface area contributed by atoms with Crippen molar-refractivity contribution < 1.29 is 4.57 Å². The normalized spacial score (nSPS) is 11.7. The van der Waals surface area contributed by atoms with Crippen LogP contribution in [0, 0.1) is 0 Å². The molecular formula is C40H79N2+. The first-order valence-corrected chi connectivity index (χ1v) is 19.8. The summed E-state index contributed by atoms with van der Waals surface area (Å²) in [4.78, 5) is 0. The molecule has 1 aromatic rings. The van der Waals surface area contributed by atoms with Gasteiger partial charge < -0.3 is 0 Å². The van der Waals surface area contributed by atoms with Gasteiger partial charge in [0.05, 0.1) is 19.0 Å². The number of imidazole rings is 1. The van der Waals surface area contributed by atoms with E-state index in [0.29, 0.717) is 5.92 Å². The van der Waals surface area contributed by atoms with Gasteiger partial charge in [-0.25, -0.2) is 9.13 Å². The van der Waals surface area contributed by atoms with Crippen LogP contribution in [0.4, 0.5) is 0 Å². The summed E-state index contributed by atoms with van der Waals surface area (Å²) in [7, 11) is 0. The Morgan fingerprint density at radius 3 is 1.10 bits per heavy atom. The van der Waals surface area contributed by atoms with Crippen LogP contribution in [-0.2, 0) is 13.1 Å². The third-order valence-corrected chi connectivity index (χ3v) is 9.54. The molecule has 0 unspecified atom stereocenters. The number of rotatable bonds is 33. The molecule has 0 aliphatic rings. The standard InChI is InChI=1S/C40H79N2/c1-5-7-9-11-13-15-17-19-20-21-22-24-26-28-30-32-34-36-42-38-37-41(40(42)39(3)4)35-33-31-29-27-25-23-18-16-14-12-10-8-6-2/h37-39H,5-36H2,1-4H3/q+1. The van der Waals surface area contributed by atoms with Crippen molar-refractivity contribution in [2.24, 2.45) is 0 Å². The van der Waals surface area contributed by atoms with Gasteiger partial charge in [-0.1, -0.05) is 195 Å². The summed E-state index contributed by atoms with van der Waals surface area (Å²) >= 11 is 0. The Bertz CT molecular complexity index is 661. The van der Waals surface area contributed by atoms with Crippen LogP contribution < -0.4 is 4.57 Å². The molecule has 2 heteroatoms. The number of unbranched alkanes of at least 4 members (excludes halogenated alkanes) is 28. The van der Waals surface area contributed by atoms with Crippen molar-refractivity contribution in [3.8, 4) is 0 Å². The van der Waals surface area contributed by atoms with Crippen molar-refractivity contribution in [1.29, 1.82) is 0 Å². The Labute approximate surface area is 266 Å². The Kier molecular flexibility index (Phi) is 28.3. The zero-order valence-electron chi connectivity index (χ0n) is 29.8. The van der Waals surface area contributed by atoms with Crippen molar-refractivity contribution in [2.45, 2.75) is 239 Å². The van der Waals surface area contributed by atoms with Gasteiger partial charge in [-0.2, -0.15) is 0 Å². The molecule has 1 heterocycles. The quantitative estimate of drug-likeness (QED) is 0.0571. The van der Waals surface area contributed by atoms with Gasteiger partial charge in [0.2, 0.25) is 0 Å². The van der Waals surface area contributed by atoms with Crippen molar-refractivity contribution >= 4 is 0 Å². The van der Waals surface area contributed by atoms with E-state index in [9.17, 15) is 0 Å². The van der Waals surface area contributed by atoms with Crippen LogP contribution in [0.15, 0.2) is 12.4 Å². The topological polar surface area (TPSA) is 8.81 Å². The summed E-state index contributed by atoms with van der Waals surface area (Å²) in [5, 5.41) is 0. The molecule has 1 rings (SSSR count). The summed E-state index contributed by atoms with van der Waals surface area (Å²) < 4.78 is 5.13. The summed E-state index contributed by atoms with van der Waals surface area (Å²) in [6.07, 6.45) is 47.9. The maximum absolute atomic E-state index is 2.57. The van der Waals surface area contributed by atoms with Gasteiger partial charge in [0.25, 0.3) is 5.82 Å². The van der Waals surface area contributed by atoms with E-state index in [4.69, 9.17) is 0 Å². The molecule has 0 aliphatic carbocycles. The molecule has 248 valence electrons. The Morgan fingerprint density at radius 2 is 0.762 bits per heavy atom. The lowest BCUT2D eigenvalue weighted by Gasteiger charge is -2.08. The van der Waals surface area contributed by atoms with Crippen molar-refractivity contribution in [3.63, 3.8) is 0 Å². The number of nitrogens with zero attached hydrogens (tertiary/aromatic N) is 2. The Morgan fingerprint density at radius 1 is 0.452 bits per heavy atom. The van der Waals surface area contributed by atoms with Crippen LogP contribution >= 0.6 is 0 Å². The molecule has 2 nitrogen and oxygen atoms in total. The second-order valence-corrected chi connectivity index (χ2v) is 14.1. The fraction of sp³-hybridized carbons (Fsp3) is 0.925. The van der Waals surface area contributed by atoms with Gasteiger partial charge in [-0.3, -0.25) is 0 Å². The molecule has 42 heavy (non-hydrogen) atoms. The zero-order valence-corrected chi connectivity index (χ0v) is 29.8. The third-order valence-electron chi connectivity index (χ3n) is 9.54. The minimum Gasteiger partial charge on any atom is -0.234 e. The minimum absolute atomic E-state index is 0.604. The molecule has 0 aliphatic heterocycles. The lowest BCUT2D eigenvalue weighted by Crippen LogP contribution is -2.38. The second-order valence-electron chi connectivity index (χ2n) is 14.1. The summed E-state index contributed by atoms with van der Waals surface area (Å²) in [6.45, 7) is 11.8. The van der Waals surface area contributed by atoms with Crippen LogP contribution in [0.2, 0.25) is 0 Å². The highest BCUT2D eigenvalue weighted by Gasteiger charge is 2.20. The molecule has 0 spiro atoms. The van der Waals surface area contributed by atoms with E-state index in [2.05, 4.69) is 49.2 Å². The van der Waals surface area contributed by atoms with Crippen molar-refractivity contribution in [1.82, 2.24) is 4.57 Å². The number of hydrogen-bond acceptors (Lipinski definition) is 0. The molecular weight excluding hydrogens is 508 g/mol. The average molecular weight is 588 g/mol. The molecule has 0 amide bonds. The predicted molar refractivity (Wildman–Crippen MR) is 189 cm³/mol. The fourth-order valence-electron chi connectivity index (χ4n) is 6.83. The highest BCUT2D eigenvalue weighted by Crippen LogP contribution is 2.17. The maximum Gasteiger partial charge on any atom is 0.258 e. The molecule has 0 radical (unpaired) electrons. The summed E-state index contributed by atoms with van der Waals surface area (Å²) in [6, 6.07) is 0. The van der Waals surface area contributed by atoms with Crippen molar-refractivity contribution in [2.75, 3.05) is 0 Å². The van der Waals surface area contributed by atoms with E-state index in [-0.39, 0.29) is 0 Å². The first kappa shape index (κ1) is 39.2. The Hall–Kier alpha value is -0.790. The molecule has 0 saturated carbocycles. The van der Waals surface area contributed by atoms with Gasteiger partial charge in [-0.15, -0.1) is 0 Å². The van der Waals surface area contributed by atoms with Gasteiger partial charge in [0, 0.05) is 0 Å². The van der Waals surface area contributed by atoms with Crippen LogP contribution in [-0.4, -0.2) is 4.57 Å². The molecule has 0 fully saturated rings. The first-order chi connectivity index (χ1) is 20.7. The summed E-state index contributed by atoms with van der Waals surface area (Å²) in [5.41, 5.74) is 0. The zero-order chi connectivity index (χ0) is 30.4. The third kappa shape index (κ3) is 22.7. The van der Waals surface area contributed by atoms with Crippen LogP contribution in [0.1, 0.15) is 232 Å². The van der Waals surface area contributed by atoms with Gasteiger partial charge in [0.15, 0.2) is 0 Å². The van der Waals surface area contributed by atoms with E-state index in [1.165, 1.54) is 206 Å². The SMILES string of the molecule is CCCCCCCCCCCCCCCCCCCn1cc[n+](CCCCCCCCCCCCCCC)c1C(C)C. The first-order valence-electron chi connectivity index (χ1n) is 19.8. The minimum atomic E-state index is 0.604. The smallest absolute Gasteiger partial charge is 0.234 e. The lowest BCUT2D eigenvalue weighted by atomic mass is 10.0. The van der Waals surface area contributed by atoms with Crippen molar-refractivity contribution in [3.05, 3.63) is 18.2 Å². The van der Waals surface area contributed by atoms with E-state index in [0.717, 1.165) is 0 Å². The number of hydrogen-bond donors (Lipinski definition) is 0. The van der Waals surface area contributed by atoms with Gasteiger partial charge in [0.1, 0.15) is 12.4 Å². The van der Waals surface area contributed by atoms with E-state index < -0.39 is 0 Å². The largest absolute Gasteiger partial charge is 0.258 e. The summed E-state index contributed by atoms with van der Waals surface area (Å²) in [5.74, 6) is 2.15. The van der Waals surface area contributed by atoms with E-state index in [1.807, 2.05) is 0 Å². The van der Waals surface area contributed by atoms with Crippen LogP contribution in [0.3, 0.4) is 0 Å². The molecule has 0 atom stereocenters. The number of aryl methyl sites for hydroxylation is 2. The maximum atomic E-state index is 2.57. The highest BCUT2D eigenvalue weighted by atomic mass is 15.1. The second kappa shape index (κ2) is 30.2. The van der Waals surface area contributed by atoms with E-state index in [1.54, 1.807) is 5.82 Å². The molecule has 0 saturated heterocycles. The Balaban J connectivity index is 1.99.